The first kappa shape index (κ1) is 14.1. The monoisotopic (exact) mass is 345 g/mol. The molecule has 0 saturated heterocycles. The van der Waals surface area contributed by atoms with Gasteiger partial charge in [0.2, 0.25) is 0 Å². The van der Waals surface area contributed by atoms with Crippen molar-refractivity contribution >= 4 is 22.0 Å². The maximum Gasteiger partial charge on any atom is 0.407 e. The maximum absolute atomic E-state index is 11.9. The minimum atomic E-state index is -0.364. The van der Waals surface area contributed by atoms with Crippen LogP contribution in [-0.2, 0) is 17.8 Å². The largest absolute Gasteiger partial charge is 0.445 e. The quantitative estimate of drug-likeness (QED) is 0.897. The molecule has 21 heavy (non-hydrogen) atoms. The number of rotatable bonds is 3. The predicted octanol–water partition coefficient (Wildman–Crippen LogP) is 4.36. The first-order chi connectivity index (χ1) is 10.2. The Labute approximate surface area is 132 Å². The van der Waals surface area contributed by atoms with Crippen molar-refractivity contribution in [1.29, 1.82) is 0 Å². The second-order valence-corrected chi connectivity index (χ2v) is 6.06. The molecule has 0 heterocycles. The molecular formula is C17H16BrNO2. The number of hydrogen-bond donors (Lipinski definition) is 1. The summed E-state index contributed by atoms with van der Waals surface area (Å²) in [6.45, 7) is 0.296. The van der Waals surface area contributed by atoms with E-state index in [-0.39, 0.29) is 12.1 Å². The van der Waals surface area contributed by atoms with Crippen LogP contribution in [0.2, 0.25) is 0 Å². The third kappa shape index (κ3) is 3.45. The smallest absolute Gasteiger partial charge is 0.407 e. The lowest BCUT2D eigenvalue weighted by Gasteiger charge is -2.14. The van der Waals surface area contributed by atoms with Gasteiger partial charge in [-0.05, 0) is 41.7 Å². The number of carbonyl (C=O) groups excluding carboxylic acids is 1. The van der Waals surface area contributed by atoms with Gasteiger partial charge in [-0.25, -0.2) is 4.79 Å². The fourth-order valence-electron chi connectivity index (χ4n) is 2.63. The normalized spacial score (nSPS) is 16.3. The zero-order valence-electron chi connectivity index (χ0n) is 11.5. The molecule has 0 saturated carbocycles. The van der Waals surface area contributed by atoms with Gasteiger partial charge in [0.25, 0.3) is 0 Å². The topological polar surface area (TPSA) is 38.3 Å². The van der Waals surface area contributed by atoms with Gasteiger partial charge in [0.1, 0.15) is 6.61 Å². The average Bonchev–Trinajstić information content (AvgIpc) is 2.88. The van der Waals surface area contributed by atoms with E-state index >= 15 is 0 Å². The molecule has 0 fully saturated rings. The molecule has 1 atom stereocenters. The molecule has 3 nitrogen and oxygen atoms in total. The first-order valence-electron chi connectivity index (χ1n) is 6.98. The summed E-state index contributed by atoms with van der Waals surface area (Å²) in [4.78, 5) is 11.9. The number of ether oxygens (including phenoxy) is 1. The summed E-state index contributed by atoms with van der Waals surface area (Å²) in [6.07, 6.45) is 1.55. The zero-order chi connectivity index (χ0) is 14.7. The SMILES string of the molecule is O=C(NC1CCc2ccc(Br)cc21)OCc1ccccc1. The van der Waals surface area contributed by atoms with E-state index < -0.39 is 0 Å². The number of halogens is 1. The molecule has 0 spiro atoms. The second-order valence-electron chi connectivity index (χ2n) is 5.14. The lowest BCUT2D eigenvalue weighted by Crippen LogP contribution is -2.27. The number of fused-ring (bicyclic) bond motifs is 1. The summed E-state index contributed by atoms with van der Waals surface area (Å²) in [6, 6.07) is 15.9. The minimum Gasteiger partial charge on any atom is -0.445 e. The highest BCUT2D eigenvalue weighted by Crippen LogP contribution is 2.33. The molecule has 1 amide bonds. The molecule has 0 aromatic heterocycles. The van der Waals surface area contributed by atoms with Crippen LogP contribution in [0.25, 0.3) is 0 Å². The van der Waals surface area contributed by atoms with Crippen LogP contribution in [0.4, 0.5) is 4.79 Å². The van der Waals surface area contributed by atoms with Crippen LogP contribution in [0, 0.1) is 0 Å². The van der Waals surface area contributed by atoms with Crippen molar-refractivity contribution < 1.29 is 9.53 Å². The Morgan fingerprint density at radius 3 is 2.86 bits per heavy atom. The summed E-state index contributed by atoms with van der Waals surface area (Å²) in [5.74, 6) is 0. The summed E-state index contributed by atoms with van der Waals surface area (Å²) in [5.41, 5.74) is 3.47. The molecule has 0 radical (unpaired) electrons. The minimum absolute atomic E-state index is 0.0424. The van der Waals surface area contributed by atoms with Crippen molar-refractivity contribution in [3.63, 3.8) is 0 Å². The third-order valence-corrected chi connectivity index (χ3v) is 4.18. The Morgan fingerprint density at radius 1 is 1.24 bits per heavy atom. The van der Waals surface area contributed by atoms with Crippen molar-refractivity contribution in [2.75, 3.05) is 0 Å². The lowest BCUT2D eigenvalue weighted by atomic mass is 10.1. The molecule has 1 aliphatic rings. The van der Waals surface area contributed by atoms with E-state index in [4.69, 9.17) is 4.74 Å². The molecule has 3 rings (SSSR count). The standard InChI is InChI=1S/C17H16BrNO2/c18-14-8-6-13-7-9-16(15(13)10-14)19-17(20)21-11-12-4-2-1-3-5-12/h1-6,8,10,16H,7,9,11H2,(H,19,20). The van der Waals surface area contributed by atoms with Crippen LogP contribution < -0.4 is 5.32 Å². The molecule has 0 bridgehead atoms. The molecule has 2 aromatic rings. The van der Waals surface area contributed by atoms with Crippen molar-refractivity contribution in [2.45, 2.75) is 25.5 Å². The van der Waals surface area contributed by atoms with Gasteiger partial charge < -0.3 is 10.1 Å². The molecule has 1 N–H and O–H groups in total. The maximum atomic E-state index is 11.9. The van der Waals surface area contributed by atoms with Crippen molar-refractivity contribution in [1.82, 2.24) is 5.32 Å². The average molecular weight is 346 g/mol. The summed E-state index contributed by atoms with van der Waals surface area (Å²) in [7, 11) is 0. The van der Waals surface area contributed by atoms with Gasteiger partial charge >= 0.3 is 6.09 Å². The van der Waals surface area contributed by atoms with Gasteiger partial charge in [-0.15, -0.1) is 0 Å². The fraction of sp³-hybridized carbons (Fsp3) is 0.235. The molecule has 1 aliphatic carbocycles. The van der Waals surface area contributed by atoms with Gasteiger partial charge in [-0.3, -0.25) is 0 Å². The van der Waals surface area contributed by atoms with Crippen LogP contribution in [-0.4, -0.2) is 6.09 Å². The van der Waals surface area contributed by atoms with Gasteiger partial charge in [0, 0.05) is 4.47 Å². The molecule has 1 unspecified atom stereocenters. The van der Waals surface area contributed by atoms with Crippen LogP contribution in [0.5, 0.6) is 0 Å². The van der Waals surface area contributed by atoms with E-state index in [0.717, 1.165) is 22.9 Å². The van der Waals surface area contributed by atoms with Crippen molar-refractivity contribution in [3.05, 3.63) is 69.7 Å². The number of hydrogen-bond acceptors (Lipinski definition) is 2. The number of alkyl carbamates (subject to hydrolysis) is 1. The number of amides is 1. The molecule has 108 valence electrons. The summed E-state index contributed by atoms with van der Waals surface area (Å²) < 4.78 is 6.31. The molecule has 0 aliphatic heterocycles. The van der Waals surface area contributed by atoms with Gasteiger partial charge in [0.05, 0.1) is 6.04 Å². The van der Waals surface area contributed by atoms with Gasteiger partial charge in [0.15, 0.2) is 0 Å². The van der Waals surface area contributed by atoms with Gasteiger partial charge in [-0.1, -0.05) is 52.3 Å². The number of nitrogens with one attached hydrogen (secondary N) is 1. The molecular weight excluding hydrogens is 330 g/mol. The zero-order valence-corrected chi connectivity index (χ0v) is 13.1. The molecule has 2 aromatic carbocycles. The van der Waals surface area contributed by atoms with Crippen LogP contribution in [0.1, 0.15) is 29.2 Å². The van der Waals surface area contributed by atoms with Crippen LogP contribution in [0.3, 0.4) is 0 Å². The van der Waals surface area contributed by atoms with E-state index in [0.29, 0.717) is 6.61 Å². The van der Waals surface area contributed by atoms with E-state index in [1.165, 1.54) is 11.1 Å². The number of aryl methyl sites for hydroxylation is 1. The van der Waals surface area contributed by atoms with Crippen molar-refractivity contribution in [3.8, 4) is 0 Å². The highest BCUT2D eigenvalue weighted by Gasteiger charge is 2.24. The van der Waals surface area contributed by atoms with Crippen molar-refractivity contribution in [2.24, 2.45) is 0 Å². The Kier molecular flexibility index (Phi) is 4.25. The Balaban J connectivity index is 1.58. The van der Waals surface area contributed by atoms with E-state index in [1.807, 2.05) is 36.4 Å². The Hall–Kier alpha value is -1.81. The molecule has 4 heteroatoms. The number of carbonyl (C=O) groups is 1. The first-order valence-corrected chi connectivity index (χ1v) is 7.77. The van der Waals surface area contributed by atoms with E-state index in [9.17, 15) is 4.79 Å². The second kappa shape index (κ2) is 6.31. The fourth-order valence-corrected chi connectivity index (χ4v) is 3.01. The third-order valence-electron chi connectivity index (χ3n) is 3.69. The summed E-state index contributed by atoms with van der Waals surface area (Å²) >= 11 is 3.48. The Bertz CT molecular complexity index is 642. The Morgan fingerprint density at radius 2 is 2.05 bits per heavy atom. The number of benzene rings is 2. The predicted molar refractivity (Wildman–Crippen MR) is 85.0 cm³/mol. The van der Waals surface area contributed by atoms with Gasteiger partial charge in [-0.2, -0.15) is 0 Å². The summed E-state index contributed by atoms with van der Waals surface area (Å²) in [5, 5.41) is 2.95. The highest BCUT2D eigenvalue weighted by molar-refractivity contribution is 9.10. The van der Waals surface area contributed by atoms with E-state index in [2.05, 4.69) is 33.4 Å². The van der Waals surface area contributed by atoms with Crippen LogP contribution in [0.15, 0.2) is 53.0 Å². The van der Waals surface area contributed by atoms with E-state index in [1.54, 1.807) is 0 Å². The van der Waals surface area contributed by atoms with Crippen LogP contribution >= 0.6 is 15.9 Å². The highest BCUT2D eigenvalue weighted by atomic mass is 79.9. The lowest BCUT2D eigenvalue weighted by molar-refractivity contribution is 0.135.